The van der Waals surface area contributed by atoms with Crippen molar-refractivity contribution in [2.45, 2.75) is 18.4 Å². The van der Waals surface area contributed by atoms with Gasteiger partial charge in [0, 0.05) is 18.4 Å². The van der Waals surface area contributed by atoms with Crippen molar-refractivity contribution in [3.05, 3.63) is 84.4 Å². The van der Waals surface area contributed by atoms with E-state index < -0.39 is 5.54 Å². The minimum absolute atomic E-state index is 0.310. The first kappa shape index (κ1) is 14.3. The Bertz CT molecular complexity index is 707. The Kier molecular flexibility index (Phi) is 3.88. The Morgan fingerprint density at radius 3 is 2.32 bits per heavy atom. The molecular formula is C19H17NO2. The molecule has 110 valence electrons. The summed E-state index contributed by atoms with van der Waals surface area (Å²) in [6, 6.07) is 19.3. The van der Waals surface area contributed by atoms with Gasteiger partial charge in [-0.15, -0.1) is 6.58 Å². The van der Waals surface area contributed by atoms with Crippen LogP contribution in [0.1, 0.15) is 17.5 Å². The number of esters is 1. The number of carbonyl (C=O) groups excluding carboxylic acids is 1. The first-order chi connectivity index (χ1) is 10.7. The monoisotopic (exact) mass is 291 g/mol. The van der Waals surface area contributed by atoms with Gasteiger partial charge in [0.2, 0.25) is 5.90 Å². The number of aliphatic imine (C=N–C) groups is 1. The number of rotatable bonds is 5. The van der Waals surface area contributed by atoms with E-state index >= 15 is 0 Å². The van der Waals surface area contributed by atoms with Crippen molar-refractivity contribution in [3.63, 3.8) is 0 Å². The summed E-state index contributed by atoms with van der Waals surface area (Å²) in [7, 11) is 0. The molecule has 1 atom stereocenters. The molecule has 3 heteroatoms. The summed E-state index contributed by atoms with van der Waals surface area (Å²) in [6.07, 6.45) is 2.69. The largest absolute Gasteiger partial charge is 0.405 e. The van der Waals surface area contributed by atoms with E-state index in [9.17, 15) is 4.79 Å². The zero-order chi connectivity index (χ0) is 15.4. The highest BCUT2D eigenvalue weighted by Crippen LogP contribution is 2.31. The molecule has 0 aliphatic carbocycles. The van der Waals surface area contributed by atoms with Crippen molar-refractivity contribution in [1.29, 1.82) is 0 Å². The predicted octanol–water partition coefficient (Wildman–Crippen LogP) is 3.55. The fraction of sp³-hybridized carbons (Fsp3) is 0.158. The summed E-state index contributed by atoms with van der Waals surface area (Å²) >= 11 is 0. The summed E-state index contributed by atoms with van der Waals surface area (Å²) in [5.74, 6) is 0.0819. The number of cyclic esters (lactones) is 1. The van der Waals surface area contributed by atoms with Crippen LogP contribution >= 0.6 is 0 Å². The van der Waals surface area contributed by atoms with E-state index in [-0.39, 0.29) is 5.97 Å². The van der Waals surface area contributed by atoms with E-state index in [0.29, 0.717) is 18.7 Å². The third kappa shape index (κ3) is 2.70. The smallest absolute Gasteiger partial charge is 0.341 e. The Morgan fingerprint density at radius 2 is 1.68 bits per heavy atom. The predicted molar refractivity (Wildman–Crippen MR) is 86.8 cm³/mol. The zero-order valence-electron chi connectivity index (χ0n) is 12.2. The molecule has 0 radical (unpaired) electrons. The number of ether oxygens (including phenoxy) is 1. The van der Waals surface area contributed by atoms with Crippen molar-refractivity contribution >= 4 is 11.9 Å². The van der Waals surface area contributed by atoms with Crippen LogP contribution < -0.4 is 0 Å². The molecule has 1 aliphatic rings. The number of hydrogen-bond donors (Lipinski definition) is 0. The molecule has 0 saturated carbocycles. The highest BCUT2D eigenvalue weighted by Gasteiger charge is 2.45. The van der Waals surface area contributed by atoms with Crippen LogP contribution in [0.3, 0.4) is 0 Å². The van der Waals surface area contributed by atoms with Crippen molar-refractivity contribution < 1.29 is 9.53 Å². The van der Waals surface area contributed by atoms with Crippen LogP contribution in [-0.2, 0) is 16.0 Å². The van der Waals surface area contributed by atoms with Crippen molar-refractivity contribution in [2.75, 3.05) is 0 Å². The molecule has 0 unspecified atom stereocenters. The van der Waals surface area contributed by atoms with E-state index in [1.807, 2.05) is 60.7 Å². The molecule has 3 rings (SSSR count). The van der Waals surface area contributed by atoms with Crippen molar-refractivity contribution in [1.82, 2.24) is 0 Å². The molecule has 0 bridgehead atoms. The molecule has 22 heavy (non-hydrogen) atoms. The van der Waals surface area contributed by atoms with Gasteiger partial charge in [-0.2, -0.15) is 0 Å². The third-order valence-electron chi connectivity index (χ3n) is 3.73. The Hall–Kier alpha value is -2.68. The first-order valence-electron chi connectivity index (χ1n) is 7.26. The Labute approximate surface area is 130 Å². The van der Waals surface area contributed by atoms with Crippen LogP contribution in [0.15, 0.2) is 78.3 Å². The molecule has 0 spiro atoms. The first-order valence-corrected chi connectivity index (χ1v) is 7.26. The highest BCUT2D eigenvalue weighted by atomic mass is 16.6. The molecular weight excluding hydrogens is 274 g/mol. The maximum Gasteiger partial charge on any atom is 0.341 e. The third-order valence-corrected chi connectivity index (χ3v) is 3.73. The van der Waals surface area contributed by atoms with E-state index in [4.69, 9.17) is 4.74 Å². The van der Waals surface area contributed by atoms with Gasteiger partial charge in [0.15, 0.2) is 5.54 Å². The molecule has 1 heterocycles. The molecule has 1 aliphatic heterocycles. The van der Waals surface area contributed by atoms with Crippen molar-refractivity contribution in [2.24, 2.45) is 4.99 Å². The molecule has 0 amide bonds. The lowest BCUT2D eigenvalue weighted by Gasteiger charge is -2.20. The standard InChI is InChI=1S/C19H17NO2/c1-2-13-19(14-15-9-5-3-6-10-15)18(21)22-17(20-19)16-11-7-4-8-12-16/h2-12H,1,13-14H2/t19-/m1/s1. The van der Waals surface area contributed by atoms with Gasteiger partial charge in [-0.3, -0.25) is 0 Å². The van der Waals surface area contributed by atoms with Crippen molar-refractivity contribution in [3.8, 4) is 0 Å². The number of benzene rings is 2. The van der Waals surface area contributed by atoms with Crippen LogP contribution in [0, 0.1) is 0 Å². The highest BCUT2D eigenvalue weighted by molar-refractivity contribution is 6.08. The van der Waals surface area contributed by atoms with Gasteiger partial charge in [0.1, 0.15) is 0 Å². The number of hydrogen-bond acceptors (Lipinski definition) is 3. The lowest BCUT2D eigenvalue weighted by atomic mass is 9.88. The van der Waals surface area contributed by atoms with Crippen LogP contribution in [0.5, 0.6) is 0 Å². The minimum atomic E-state index is -0.908. The molecule has 2 aromatic rings. The Balaban J connectivity index is 1.97. The summed E-state index contributed by atoms with van der Waals surface area (Å²) in [5, 5.41) is 0. The summed E-state index contributed by atoms with van der Waals surface area (Å²) in [6.45, 7) is 3.77. The zero-order valence-corrected chi connectivity index (χ0v) is 12.2. The van der Waals surface area contributed by atoms with Crippen LogP contribution in [-0.4, -0.2) is 17.4 Å². The molecule has 0 N–H and O–H groups in total. The van der Waals surface area contributed by atoms with Gasteiger partial charge in [-0.25, -0.2) is 9.79 Å². The lowest BCUT2D eigenvalue weighted by molar-refractivity contribution is -0.138. The fourth-order valence-corrected chi connectivity index (χ4v) is 2.64. The van der Waals surface area contributed by atoms with E-state index in [1.54, 1.807) is 6.08 Å². The van der Waals surface area contributed by atoms with Gasteiger partial charge in [0.25, 0.3) is 0 Å². The van der Waals surface area contributed by atoms with Gasteiger partial charge in [0.05, 0.1) is 0 Å². The van der Waals surface area contributed by atoms with Gasteiger partial charge in [-0.05, 0) is 17.7 Å². The second kappa shape index (κ2) is 5.98. The Morgan fingerprint density at radius 1 is 1.05 bits per heavy atom. The second-order valence-electron chi connectivity index (χ2n) is 5.36. The normalized spacial score (nSPS) is 20.4. The summed E-state index contributed by atoms with van der Waals surface area (Å²) in [4.78, 5) is 17.1. The van der Waals surface area contributed by atoms with Crippen LogP contribution in [0.25, 0.3) is 0 Å². The average Bonchev–Trinajstić information content (AvgIpc) is 2.86. The van der Waals surface area contributed by atoms with E-state index in [0.717, 1.165) is 11.1 Å². The number of nitrogens with zero attached hydrogens (tertiary/aromatic N) is 1. The van der Waals surface area contributed by atoms with Crippen LogP contribution in [0.4, 0.5) is 0 Å². The quantitative estimate of drug-likeness (QED) is 0.624. The summed E-state index contributed by atoms with van der Waals surface area (Å²) < 4.78 is 5.45. The average molecular weight is 291 g/mol. The molecule has 2 aromatic carbocycles. The maximum absolute atomic E-state index is 12.5. The lowest BCUT2D eigenvalue weighted by Crippen LogP contribution is -2.35. The van der Waals surface area contributed by atoms with Gasteiger partial charge >= 0.3 is 5.97 Å². The topological polar surface area (TPSA) is 38.7 Å². The van der Waals surface area contributed by atoms with Crippen LogP contribution in [0.2, 0.25) is 0 Å². The second-order valence-corrected chi connectivity index (χ2v) is 5.36. The molecule has 0 aromatic heterocycles. The minimum Gasteiger partial charge on any atom is -0.405 e. The van der Waals surface area contributed by atoms with Gasteiger partial charge in [-0.1, -0.05) is 54.6 Å². The number of carbonyl (C=O) groups is 1. The fourth-order valence-electron chi connectivity index (χ4n) is 2.64. The maximum atomic E-state index is 12.5. The molecule has 0 saturated heterocycles. The van der Waals surface area contributed by atoms with E-state index in [1.165, 1.54) is 0 Å². The van der Waals surface area contributed by atoms with E-state index in [2.05, 4.69) is 11.6 Å². The molecule has 3 nitrogen and oxygen atoms in total. The van der Waals surface area contributed by atoms with Gasteiger partial charge < -0.3 is 4.74 Å². The summed E-state index contributed by atoms with van der Waals surface area (Å²) in [5.41, 5.74) is 0.961. The SMILES string of the molecule is C=CC[C@]1(Cc2ccccc2)N=C(c2ccccc2)OC1=O. The molecule has 0 fully saturated rings.